The van der Waals surface area contributed by atoms with Gasteiger partial charge in [-0.3, -0.25) is 9.59 Å². The molecule has 1 aliphatic carbocycles. The van der Waals surface area contributed by atoms with Crippen LogP contribution in [0.1, 0.15) is 23.5 Å². The van der Waals surface area contributed by atoms with E-state index in [0.29, 0.717) is 38.6 Å². The Balaban J connectivity index is 1.30. The number of anilines is 2. The van der Waals surface area contributed by atoms with Gasteiger partial charge < -0.3 is 19.9 Å². The minimum Gasteiger partial charge on any atom is -0.439 e. The zero-order valence-electron chi connectivity index (χ0n) is 16.5. The minimum absolute atomic E-state index is 0.0138. The third-order valence-corrected chi connectivity index (χ3v) is 5.63. The molecule has 5 rings (SSSR count). The average Bonchev–Trinajstić information content (AvgIpc) is 3.39. The number of nitrogens with one attached hydrogen (secondary N) is 2. The first-order valence-corrected chi connectivity index (χ1v) is 10.5. The zero-order valence-corrected chi connectivity index (χ0v) is 17.3. The average molecular weight is 434 g/mol. The molecule has 3 aromatic heterocycles. The number of benzene rings is 1. The number of pyridine rings is 1. The van der Waals surface area contributed by atoms with Crippen LogP contribution in [0.3, 0.4) is 0 Å². The summed E-state index contributed by atoms with van der Waals surface area (Å²) in [5.74, 6) is 1.05. The number of thiazole rings is 1. The Bertz CT molecular complexity index is 1290. The molecule has 1 aliphatic rings. The van der Waals surface area contributed by atoms with E-state index in [2.05, 4.69) is 25.6 Å². The van der Waals surface area contributed by atoms with E-state index in [1.165, 1.54) is 11.3 Å². The monoisotopic (exact) mass is 434 g/mol. The van der Waals surface area contributed by atoms with Crippen molar-refractivity contribution in [3.63, 3.8) is 0 Å². The Morgan fingerprint density at radius 2 is 2.03 bits per heavy atom. The second kappa shape index (κ2) is 7.80. The molecule has 0 radical (unpaired) electrons. The fraction of sp³-hybridized carbons (Fsp3) is 0.190. The van der Waals surface area contributed by atoms with Crippen molar-refractivity contribution in [3.05, 3.63) is 54.6 Å². The summed E-state index contributed by atoms with van der Waals surface area (Å²) in [5, 5.41) is 6.19. The SMILES string of the molecule is Cn1ccnc1C(=O)Nc1cccc(Oc2ccc3nc(NC(=O)C4CC4)sc3n2)c1. The Hall–Kier alpha value is -3.79. The quantitative estimate of drug-likeness (QED) is 0.477. The van der Waals surface area contributed by atoms with E-state index in [1.54, 1.807) is 60.4 Å². The largest absolute Gasteiger partial charge is 0.439 e. The highest BCUT2D eigenvalue weighted by Crippen LogP contribution is 2.33. The van der Waals surface area contributed by atoms with E-state index in [1.807, 2.05) is 0 Å². The topological polar surface area (TPSA) is 111 Å². The number of aryl methyl sites for hydroxylation is 1. The number of hydrogen-bond acceptors (Lipinski definition) is 7. The highest BCUT2D eigenvalue weighted by Gasteiger charge is 2.30. The van der Waals surface area contributed by atoms with Crippen LogP contribution in [0.25, 0.3) is 10.3 Å². The lowest BCUT2D eigenvalue weighted by atomic mass is 10.3. The van der Waals surface area contributed by atoms with Crippen molar-refractivity contribution in [1.29, 1.82) is 0 Å². The van der Waals surface area contributed by atoms with Gasteiger partial charge in [-0.1, -0.05) is 17.4 Å². The summed E-state index contributed by atoms with van der Waals surface area (Å²) in [7, 11) is 1.76. The molecule has 0 atom stereocenters. The normalized spacial score (nSPS) is 13.2. The summed E-state index contributed by atoms with van der Waals surface area (Å²) in [6.45, 7) is 0. The van der Waals surface area contributed by atoms with Gasteiger partial charge in [0.2, 0.25) is 11.8 Å². The van der Waals surface area contributed by atoms with Crippen molar-refractivity contribution < 1.29 is 14.3 Å². The number of aromatic nitrogens is 4. The molecular weight excluding hydrogens is 416 g/mol. The highest BCUT2D eigenvalue weighted by atomic mass is 32.1. The van der Waals surface area contributed by atoms with Gasteiger partial charge in [-0.15, -0.1) is 0 Å². The zero-order chi connectivity index (χ0) is 21.4. The third-order valence-electron chi connectivity index (χ3n) is 4.75. The maximum atomic E-state index is 12.4. The van der Waals surface area contributed by atoms with Crippen LogP contribution in [-0.2, 0) is 11.8 Å². The first-order valence-electron chi connectivity index (χ1n) is 9.70. The number of ether oxygens (including phenoxy) is 1. The molecule has 10 heteroatoms. The first kappa shape index (κ1) is 19.2. The Labute approximate surface area is 181 Å². The lowest BCUT2D eigenvalue weighted by Crippen LogP contribution is -2.16. The maximum Gasteiger partial charge on any atom is 0.291 e. The van der Waals surface area contributed by atoms with Crippen molar-refractivity contribution in [2.75, 3.05) is 10.6 Å². The number of rotatable bonds is 6. The standard InChI is InChI=1S/C21H18N6O3S/c1-27-10-9-22-17(27)19(29)23-13-3-2-4-14(11-13)30-16-8-7-15-20(25-16)31-21(24-15)26-18(28)12-5-6-12/h2-4,7-12H,5-6H2,1H3,(H,23,29)(H,24,26,28). The first-order chi connectivity index (χ1) is 15.0. The van der Waals surface area contributed by atoms with Crippen LogP contribution in [0.15, 0.2) is 48.8 Å². The molecule has 2 N–H and O–H groups in total. The molecule has 31 heavy (non-hydrogen) atoms. The predicted molar refractivity (Wildman–Crippen MR) is 116 cm³/mol. The lowest BCUT2D eigenvalue weighted by molar-refractivity contribution is -0.117. The molecule has 0 aliphatic heterocycles. The van der Waals surface area contributed by atoms with Gasteiger partial charge in [0.15, 0.2) is 11.0 Å². The van der Waals surface area contributed by atoms with Gasteiger partial charge in [0.05, 0.1) is 0 Å². The molecule has 1 saturated carbocycles. The van der Waals surface area contributed by atoms with Crippen molar-refractivity contribution in [3.8, 4) is 11.6 Å². The summed E-state index contributed by atoms with van der Waals surface area (Å²) in [4.78, 5) is 37.9. The number of fused-ring (bicyclic) bond motifs is 1. The molecule has 1 aromatic carbocycles. The summed E-state index contributed by atoms with van der Waals surface area (Å²) >= 11 is 1.31. The molecule has 0 saturated heterocycles. The number of imidazole rings is 1. The maximum absolute atomic E-state index is 12.4. The van der Waals surface area contributed by atoms with E-state index < -0.39 is 0 Å². The molecule has 4 aromatic rings. The fourth-order valence-corrected chi connectivity index (χ4v) is 3.83. The van der Waals surface area contributed by atoms with E-state index in [9.17, 15) is 9.59 Å². The van der Waals surface area contributed by atoms with Crippen LogP contribution in [-0.4, -0.2) is 31.3 Å². The summed E-state index contributed by atoms with van der Waals surface area (Å²) in [6, 6.07) is 10.5. The Kier molecular flexibility index (Phi) is 4.83. The second-order valence-corrected chi connectivity index (χ2v) is 8.18. The summed E-state index contributed by atoms with van der Waals surface area (Å²) in [5.41, 5.74) is 1.27. The molecule has 0 spiro atoms. The van der Waals surface area contributed by atoms with Crippen LogP contribution in [0, 0.1) is 5.92 Å². The van der Waals surface area contributed by atoms with Crippen molar-refractivity contribution >= 4 is 44.3 Å². The highest BCUT2D eigenvalue weighted by molar-refractivity contribution is 7.21. The number of nitrogens with zero attached hydrogens (tertiary/aromatic N) is 4. The van der Waals surface area contributed by atoms with E-state index in [-0.39, 0.29) is 17.7 Å². The summed E-state index contributed by atoms with van der Waals surface area (Å²) in [6.07, 6.45) is 5.15. The number of carbonyl (C=O) groups excluding carboxylic acids is 2. The smallest absolute Gasteiger partial charge is 0.291 e. The molecule has 2 amide bonds. The Morgan fingerprint density at radius 1 is 1.16 bits per heavy atom. The van der Waals surface area contributed by atoms with Gasteiger partial charge >= 0.3 is 0 Å². The second-order valence-electron chi connectivity index (χ2n) is 7.20. The molecular formula is C21H18N6O3S. The molecule has 1 fully saturated rings. The third kappa shape index (κ3) is 4.24. The van der Waals surface area contributed by atoms with Crippen LogP contribution >= 0.6 is 11.3 Å². The molecule has 0 bridgehead atoms. The summed E-state index contributed by atoms with van der Waals surface area (Å²) < 4.78 is 7.51. The van der Waals surface area contributed by atoms with Gasteiger partial charge in [-0.05, 0) is 31.0 Å². The van der Waals surface area contributed by atoms with Gasteiger partial charge in [0, 0.05) is 43.2 Å². The molecule has 3 heterocycles. The van der Waals surface area contributed by atoms with Gasteiger partial charge in [0.1, 0.15) is 16.1 Å². The van der Waals surface area contributed by atoms with E-state index >= 15 is 0 Å². The molecule has 156 valence electrons. The van der Waals surface area contributed by atoms with Crippen LogP contribution in [0.2, 0.25) is 0 Å². The van der Waals surface area contributed by atoms with Gasteiger partial charge in [0.25, 0.3) is 5.91 Å². The number of hydrogen-bond donors (Lipinski definition) is 2. The van der Waals surface area contributed by atoms with Crippen LogP contribution in [0.5, 0.6) is 11.6 Å². The predicted octanol–water partition coefficient (Wildman–Crippen LogP) is 3.82. The number of amides is 2. The van der Waals surface area contributed by atoms with Crippen LogP contribution in [0.4, 0.5) is 10.8 Å². The van der Waals surface area contributed by atoms with Crippen molar-refractivity contribution in [1.82, 2.24) is 19.5 Å². The van der Waals surface area contributed by atoms with Crippen LogP contribution < -0.4 is 15.4 Å². The lowest BCUT2D eigenvalue weighted by Gasteiger charge is -2.08. The van der Waals surface area contributed by atoms with Crippen molar-refractivity contribution in [2.45, 2.75) is 12.8 Å². The van der Waals surface area contributed by atoms with E-state index in [4.69, 9.17) is 4.74 Å². The molecule has 0 unspecified atom stereocenters. The number of carbonyl (C=O) groups is 2. The Morgan fingerprint density at radius 3 is 2.81 bits per heavy atom. The van der Waals surface area contributed by atoms with Gasteiger partial charge in [-0.25, -0.2) is 15.0 Å². The molecule has 9 nitrogen and oxygen atoms in total. The van der Waals surface area contributed by atoms with Gasteiger partial charge in [-0.2, -0.15) is 0 Å². The van der Waals surface area contributed by atoms with Crippen molar-refractivity contribution in [2.24, 2.45) is 13.0 Å². The van der Waals surface area contributed by atoms with E-state index in [0.717, 1.165) is 12.8 Å². The minimum atomic E-state index is -0.311. The fourth-order valence-electron chi connectivity index (χ4n) is 2.99.